The Morgan fingerprint density at radius 3 is 2.76 bits per heavy atom. The van der Waals surface area contributed by atoms with Crippen molar-refractivity contribution in [3.8, 4) is 0 Å². The van der Waals surface area contributed by atoms with Crippen LogP contribution in [-0.4, -0.2) is 36.5 Å². The Kier molecular flexibility index (Phi) is 8.06. The number of carbonyl (C=O) groups is 1. The van der Waals surface area contributed by atoms with Crippen LogP contribution in [0.4, 0.5) is 0 Å². The van der Waals surface area contributed by atoms with Crippen molar-refractivity contribution in [3.63, 3.8) is 0 Å². The number of nitrogens with zero attached hydrogens (tertiary/aromatic N) is 1. The number of likely N-dealkylation sites (tertiary alicyclic amines) is 1. The van der Waals surface area contributed by atoms with E-state index in [4.69, 9.17) is 0 Å². The normalized spacial score (nSPS) is 20.7. The Bertz CT molecular complexity index is 409. The highest BCUT2D eigenvalue weighted by molar-refractivity contribution is 5.96. The van der Waals surface area contributed by atoms with E-state index in [2.05, 4.69) is 23.7 Å². The van der Waals surface area contributed by atoms with Crippen molar-refractivity contribution in [1.82, 2.24) is 10.2 Å². The van der Waals surface area contributed by atoms with Gasteiger partial charge in [-0.05, 0) is 52.7 Å². The van der Waals surface area contributed by atoms with Gasteiger partial charge in [-0.15, -0.1) is 0 Å². The molecular weight excluding hydrogens is 260 g/mol. The van der Waals surface area contributed by atoms with E-state index in [-0.39, 0.29) is 5.91 Å². The molecule has 0 aromatic carbocycles. The molecule has 3 heteroatoms. The van der Waals surface area contributed by atoms with Crippen molar-refractivity contribution in [2.45, 2.75) is 52.5 Å². The lowest BCUT2D eigenvalue weighted by atomic mass is 10.0. The molecule has 1 heterocycles. The first-order valence-electron chi connectivity index (χ1n) is 8.06. The second-order valence-electron chi connectivity index (χ2n) is 5.91. The Labute approximate surface area is 129 Å². The fourth-order valence-corrected chi connectivity index (χ4v) is 2.61. The molecule has 1 atom stereocenters. The van der Waals surface area contributed by atoms with E-state index in [1.165, 1.54) is 25.8 Å². The summed E-state index contributed by atoms with van der Waals surface area (Å²) in [6, 6.07) is 0.694. The molecular formula is C18H30N2O. The van der Waals surface area contributed by atoms with Crippen LogP contribution in [0.25, 0.3) is 0 Å². The molecule has 0 spiro atoms. The smallest absolute Gasteiger partial charge is 0.250 e. The summed E-state index contributed by atoms with van der Waals surface area (Å²) in [5.74, 6) is 0.00157. The van der Waals surface area contributed by atoms with E-state index < -0.39 is 0 Å². The van der Waals surface area contributed by atoms with E-state index in [0.29, 0.717) is 11.6 Å². The number of hydrogen-bond acceptors (Lipinski definition) is 2. The van der Waals surface area contributed by atoms with Crippen LogP contribution in [-0.2, 0) is 4.79 Å². The quantitative estimate of drug-likeness (QED) is 0.442. The van der Waals surface area contributed by atoms with Crippen LogP contribution in [0.3, 0.4) is 0 Å². The van der Waals surface area contributed by atoms with Gasteiger partial charge < -0.3 is 10.2 Å². The van der Waals surface area contributed by atoms with Crippen molar-refractivity contribution < 1.29 is 4.79 Å². The minimum Gasteiger partial charge on any atom is -0.352 e. The zero-order chi connectivity index (χ0) is 15.7. The van der Waals surface area contributed by atoms with E-state index >= 15 is 0 Å². The van der Waals surface area contributed by atoms with E-state index in [9.17, 15) is 4.79 Å². The summed E-state index contributed by atoms with van der Waals surface area (Å²) < 4.78 is 0. The van der Waals surface area contributed by atoms with Crippen molar-refractivity contribution in [3.05, 3.63) is 36.0 Å². The number of carbonyl (C=O) groups excluding carboxylic acids is 1. The van der Waals surface area contributed by atoms with Crippen LogP contribution < -0.4 is 5.32 Å². The minimum absolute atomic E-state index is 0.00157. The minimum atomic E-state index is 0.00157. The van der Waals surface area contributed by atoms with Crippen molar-refractivity contribution in [2.24, 2.45) is 0 Å². The molecule has 21 heavy (non-hydrogen) atoms. The highest BCUT2D eigenvalue weighted by atomic mass is 16.1. The maximum atomic E-state index is 12.0. The number of piperidine rings is 1. The molecule has 1 aliphatic heterocycles. The van der Waals surface area contributed by atoms with Gasteiger partial charge in [-0.3, -0.25) is 4.79 Å². The summed E-state index contributed by atoms with van der Waals surface area (Å²) in [4.78, 5) is 14.6. The number of nitrogens with one attached hydrogen (secondary N) is 1. The largest absolute Gasteiger partial charge is 0.352 e. The molecule has 1 fully saturated rings. The topological polar surface area (TPSA) is 32.3 Å². The fraction of sp³-hybridized carbons (Fsp3) is 0.611. The molecule has 118 valence electrons. The number of rotatable bonds is 7. The second kappa shape index (κ2) is 9.56. The summed E-state index contributed by atoms with van der Waals surface area (Å²) in [5, 5.41) is 3.00. The predicted octanol–water partition coefficient (Wildman–Crippen LogP) is 3.45. The average Bonchev–Trinajstić information content (AvgIpc) is 2.45. The van der Waals surface area contributed by atoms with Gasteiger partial charge in [0.1, 0.15) is 0 Å². The Morgan fingerprint density at radius 1 is 1.38 bits per heavy atom. The number of amides is 1. The zero-order valence-corrected chi connectivity index (χ0v) is 13.8. The van der Waals surface area contributed by atoms with Crippen molar-refractivity contribution in [1.29, 1.82) is 0 Å². The Hall–Kier alpha value is -1.35. The van der Waals surface area contributed by atoms with Crippen LogP contribution in [0.1, 0.15) is 46.5 Å². The van der Waals surface area contributed by atoms with E-state index in [0.717, 1.165) is 25.1 Å². The van der Waals surface area contributed by atoms with Gasteiger partial charge in [-0.1, -0.05) is 30.7 Å². The van der Waals surface area contributed by atoms with Gasteiger partial charge in [0.2, 0.25) is 0 Å². The molecule has 1 rings (SSSR count). The lowest BCUT2D eigenvalue weighted by Crippen LogP contribution is -2.39. The molecule has 0 aliphatic carbocycles. The molecule has 0 bridgehead atoms. The van der Waals surface area contributed by atoms with Gasteiger partial charge >= 0.3 is 0 Å². The SMILES string of the molecule is C=C(C)/C=C\C(=C/C)C(=O)NCCCN1CCCCC1C. The number of allylic oxidation sites excluding steroid dienone is 3. The first-order chi connectivity index (χ1) is 10.0. The second-order valence-corrected chi connectivity index (χ2v) is 5.91. The van der Waals surface area contributed by atoms with Gasteiger partial charge in [-0.25, -0.2) is 0 Å². The van der Waals surface area contributed by atoms with Gasteiger partial charge in [0, 0.05) is 24.7 Å². The van der Waals surface area contributed by atoms with Crippen LogP contribution >= 0.6 is 0 Å². The predicted molar refractivity (Wildman–Crippen MR) is 90.2 cm³/mol. The molecule has 1 aliphatic rings. The van der Waals surface area contributed by atoms with Crippen LogP contribution in [0.5, 0.6) is 0 Å². The number of hydrogen-bond donors (Lipinski definition) is 1. The van der Waals surface area contributed by atoms with Crippen LogP contribution in [0, 0.1) is 0 Å². The third-order valence-electron chi connectivity index (χ3n) is 3.97. The summed E-state index contributed by atoms with van der Waals surface area (Å²) in [6.07, 6.45) is 10.5. The molecule has 1 N–H and O–H groups in total. The van der Waals surface area contributed by atoms with Crippen molar-refractivity contribution >= 4 is 5.91 Å². The lowest BCUT2D eigenvalue weighted by molar-refractivity contribution is -0.117. The summed E-state index contributed by atoms with van der Waals surface area (Å²) in [7, 11) is 0. The first-order valence-corrected chi connectivity index (χ1v) is 8.06. The van der Waals surface area contributed by atoms with Gasteiger partial charge in [0.25, 0.3) is 5.91 Å². The fourth-order valence-electron chi connectivity index (χ4n) is 2.61. The Morgan fingerprint density at radius 2 is 2.14 bits per heavy atom. The third kappa shape index (κ3) is 6.76. The molecule has 0 aromatic rings. The molecule has 1 unspecified atom stereocenters. The van der Waals surface area contributed by atoms with E-state index in [1.807, 2.05) is 32.1 Å². The van der Waals surface area contributed by atoms with Gasteiger partial charge in [0.15, 0.2) is 0 Å². The zero-order valence-electron chi connectivity index (χ0n) is 13.8. The standard InChI is InChI=1S/C18H30N2O/c1-5-17(11-10-15(2)3)18(21)19-12-8-14-20-13-7-6-9-16(20)4/h5,10-11,16H,2,6-9,12-14H2,1,3-4H3,(H,19,21)/b11-10-,17-5+. The average molecular weight is 290 g/mol. The van der Waals surface area contributed by atoms with Crippen LogP contribution in [0.15, 0.2) is 36.0 Å². The third-order valence-corrected chi connectivity index (χ3v) is 3.97. The molecule has 3 nitrogen and oxygen atoms in total. The van der Waals surface area contributed by atoms with Gasteiger partial charge in [0.05, 0.1) is 0 Å². The highest BCUT2D eigenvalue weighted by Crippen LogP contribution is 2.16. The van der Waals surface area contributed by atoms with Crippen LogP contribution in [0.2, 0.25) is 0 Å². The monoisotopic (exact) mass is 290 g/mol. The van der Waals surface area contributed by atoms with E-state index in [1.54, 1.807) is 0 Å². The molecule has 0 saturated carbocycles. The molecule has 0 radical (unpaired) electrons. The Balaban J connectivity index is 2.27. The molecule has 1 saturated heterocycles. The van der Waals surface area contributed by atoms with Crippen molar-refractivity contribution in [2.75, 3.05) is 19.6 Å². The molecule has 0 aromatic heterocycles. The van der Waals surface area contributed by atoms with Gasteiger partial charge in [-0.2, -0.15) is 0 Å². The lowest BCUT2D eigenvalue weighted by Gasteiger charge is -2.33. The highest BCUT2D eigenvalue weighted by Gasteiger charge is 2.17. The summed E-state index contributed by atoms with van der Waals surface area (Å²) >= 11 is 0. The summed E-state index contributed by atoms with van der Waals surface area (Å²) in [5.41, 5.74) is 1.64. The first kappa shape index (κ1) is 17.7. The maximum Gasteiger partial charge on any atom is 0.250 e. The molecule has 1 amide bonds. The maximum absolute atomic E-state index is 12.0. The summed E-state index contributed by atoms with van der Waals surface area (Å²) in [6.45, 7) is 12.9.